The number of carbonyl (C=O) groups is 1. The lowest BCUT2D eigenvalue weighted by atomic mass is 9.97. The summed E-state index contributed by atoms with van der Waals surface area (Å²) in [6.07, 6.45) is 1.02. The van der Waals surface area contributed by atoms with Crippen LogP contribution >= 0.6 is 0 Å². The Morgan fingerprint density at radius 1 is 1.17 bits per heavy atom. The van der Waals surface area contributed by atoms with E-state index in [0.29, 0.717) is 5.92 Å². The number of hydrogen-bond acceptors (Lipinski definition) is 2. The molecule has 0 aliphatic carbocycles. The van der Waals surface area contributed by atoms with Gasteiger partial charge < -0.3 is 15.4 Å². The van der Waals surface area contributed by atoms with Crippen LogP contribution in [0.4, 0.5) is 10.5 Å². The number of benzene rings is 2. The van der Waals surface area contributed by atoms with Gasteiger partial charge in [-0.1, -0.05) is 49.7 Å². The number of para-hydroxylation sites is 1. The van der Waals surface area contributed by atoms with Crippen molar-refractivity contribution < 1.29 is 9.53 Å². The van der Waals surface area contributed by atoms with Gasteiger partial charge in [-0.2, -0.15) is 0 Å². The van der Waals surface area contributed by atoms with Crippen LogP contribution in [0.2, 0.25) is 0 Å². The lowest BCUT2D eigenvalue weighted by molar-refractivity contribution is 0.234. The van der Waals surface area contributed by atoms with Crippen molar-refractivity contribution in [2.24, 2.45) is 0 Å². The summed E-state index contributed by atoms with van der Waals surface area (Å²) >= 11 is 0. The molecule has 4 heteroatoms. The smallest absolute Gasteiger partial charge is 0.321 e. The number of rotatable bonds is 6. The van der Waals surface area contributed by atoms with Crippen LogP contribution in [-0.2, 0) is 0 Å². The van der Waals surface area contributed by atoms with Gasteiger partial charge in [-0.25, -0.2) is 4.79 Å². The third-order valence-electron chi connectivity index (χ3n) is 4.14. The van der Waals surface area contributed by atoms with Crippen molar-refractivity contribution in [1.82, 2.24) is 5.32 Å². The number of ether oxygens (including phenoxy) is 1. The molecule has 0 fully saturated rings. The molecule has 0 aliphatic heterocycles. The Labute approximate surface area is 144 Å². The zero-order valence-electron chi connectivity index (χ0n) is 14.8. The van der Waals surface area contributed by atoms with Crippen LogP contribution in [0, 0.1) is 13.8 Å². The normalized spacial score (nSPS) is 11.7. The van der Waals surface area contributed by atoms with Crippen LogP contribution in [0.3, 0.4) is 0 Å². The molecular formula is C20H26N2O2. The van der Waals surface area contributed by atoms with Gasteiger partial charge in [0.2, 0.25) is 0 Å². The number of anilines is 1. The van der Waals surface area contributed by atoms with Crippen molar-refractivity contribution in [2.45, 2.75) is 40.0 Å². The van der Waals surface area contributed by atoms with E-state index in [1.54, 1.807) is 0 Å². The molecule has 1 atom stereocenters. The van der Waals surface area contributed by atoms with Crippen LogP contribution in [0.5, 0.6) is 5.75 Å². The van der Waals surface area contributed by atoms with E-state index in [9.17, 15) is 4.79 Å². The third-order valence-corrected chi connectivity index (χ3v) is 4.14. The Balaban J connectivity index is 1.90. The van der Waals surface area contributed by atoms with E-state index >= 15 is 0 Å². The van der Waals surface area contributed by atoms with Gasteiger partial charge in [0, 0.05) is 5.69 Å². The van der Waals surface area contributed by atoms with Crippen molar-refractivity contribution in [3.8, 4) is 5.75 Å². The summed E-state index contributed by atoms with van der Waals surface area (Å²) in [5.41, 5.74) is 4.23. The van der Waals surface area contributed by atoms with Crippen molar-refractivity contribution in [1.29, 1.82) is 0 Å². The highest BCUT2D eigenvalue weighted by Crippen LogP contribution is 2.26. The third kappa shape index (κ3) is 4.75. The van der Waals surface area contributed by atoms with Gasteiger partial charge in [0.1, 0.15) is 5.75 Å². The zero-order chi connectivity index (χ0) is 17.5. The summed E-state index contributed by atoms with van der Waals surface area (Å²) in [4.78, 5) is 12.1. The quantitative estimate of drug-likeness (QED) is 0.736. The zero-order valence-corrected chi connectivity index (χ0v) is 14.8. The average molecular weight is 326 g/mol. The second-order valence-electron chi connectivity index (χ2n) is 6.09. The van der Waals surface area contributed by atoms with Crippen molar-refractivity contribution in [3.63, 3.8) is 0 Å². The summed E-state index contributed by atoms with van der Waals surface area (Å²) < 4.78 is 5.63. The van der Waals surface area contributed by atoms with Gasteiger partial charge in [0.05, 0.1) is 0 Å². The maximum absolute atomic E-state index is 12.1. The Hall–Kier alpha value is -2.49. The number of nitrogens with one attached hydrogen (secondary N) is 2. The summed E-state index contributed by atoms with van der Waals surface area (Å²) in [5, 5.41) is 5.64. The van der Waals surface area contributed by atoms with Gasteiger partial charge in [-0.3, -0.25) is 0 Å². The molecule has 0 saturated heterocycles. The molecule has 2 rings (SSSR count). The van der Waals surface area contributed by atoms with Gasteiger partial charge >= 0.3 is 6.03 Å². The Morgan fingerprint density at radius 2 is 1.92 bits per heavy atom. The second kappa shape index (κ2) is 8.39. The first-order valence-electron chi connectivity index (χ1n) is 8.35. The van der Waals surface area contributed by atoms with Gasteiger partial charge in [0.25, 0.3) is 0 Å². The summed E-state index contributed by atoms with van der Waals surface area (Å²) in [5.74, 6) is 1.17. The summed E-state index contributed by atoms with van der Waals surface area (Å²) in [6.45, 7) is 8.45. The number of hydrogen-bond donors (Lipinski definition) is 2. The predicted octanol–water partition coefficient (Wildman–Crippen LogP) is 4.97. The maximum atomic E-state index is 12.1. The summed E-state index contributed by atoms with van der Waals surface area (Å²) in [6, 6.07) is 13.6. The second-order valence-corrected chi connectivity index (χ2v) is 6.09. The highest BCUT2D eigenvalue weighted by atomic mass is 16.5. The molecule has 0 bridgehead atoms. The standard InChI is InChI=1S/C20H26N2O2/c1-5-15(3)17-8-6-7-9-18(17)22-20(23)21-13-24-19-11-10-14(2)12-16(19)4/h6-12,15H,5,13H2,1-4H3,(H2,21,22,23). The van der Waals surface area contributed by atoms with E-state index in [-0.39, 0.29) is 12.8 Å². The average Bonchev–Trinajstić information content (AvgIpc) is 2.56. The molecule has 2 aromatic carbocycles. The molecule has 0 saturated carbocycles. The largest absolute Gasteiger partial charge is 0.473 e. The van der Waals surface area contributed by atoms with E-state index < -0.39 is 0 Å². The molecule has 0 aliphatic rings. The van der Waals surface area contributed by atoms with Crippen molar-refractivity contribution in [2.75, 3.05) is 12.0 Å². The van der Waals surface area contributed by atoms with E-state index in [2.05, 4.69) is 36.6 Å². The molecule has 128 valence electrons. The van der Waals surface area contributed by atoms with E-state index in [0.717, 1.165) is 29.0 Å². The molecule has 2 N–H and O–H groups in total. The van der Waals surface area contributed by atoms with E-state index in [1.165, 1.54) is 5.56 Å². The number of amides is 2. The minimum atomic E-state index is -0.268. The van der Waals surface area contributed by atoms with E-state index in [1.807, 2.05) is 44.2 Å². The van der Waals surface area contributed by atoms with Crippen LogP contribution < -0.4 is 15.4 Å². The molecule has 4 nitrogen and oxygen atoms in total. The fourth-order valence-electron chi connectivity index (χ4n) is 2.57. The van der Waals surface area contributed by atoms with Gasteiger partial charge in [-0.15, -0.1) is 0 Å². The minimum absolute atomic E-state index is 0.126. The van der Waals surface area contributed by atoms with Gasteiger partial charge in [-0.05, 0) is 49.4 Å². The topological polar surface area (TPSA) is 50.4 Å². The first-order valence-corrected chi connectivity index (χ1v) is 8.35. The van der Waals surface area contributed by atoms with Crippen LogP contribution in [0.15, 0.2) is 42.5 Å². The molecule has 0 heterocycles. The summed E-state index contributed by atoms with van der Waals surface area (Å²) in [7, 11) is 0. The van der Waals surface area contributed by atoms with Gasteiger partial charge in [0.15, 0.2) is 6.73 Å². The first-order chi connectivity index (χ1) is 11.5. The lowest BCUT2D eigenvalue weighted by Crippen LogP contribution is -2.32. The molecule has 2 amide bonds. The molecule has 0 spiro atoms. The fourth-order valence-corrected chi connectivity index (χ4v) is 2.57. The lowest BCUT2D eigenvalue weighted by Gasteiger charge is -2.16. The molecule has 2 aromatic rings. The van der Waals surface area contributed by atoms with E-state index in [4.69, 9.17) is 4.74 Å². The first kappa shape index (κ1) is 17.9. The Bertz CT molecular complexity index is 698. The molecular weight excluding hydrogens is 300 g/mol. The minimum Gasteiger partial charge on any atom is -0.473 e. The number of urea groups is 1. The Morgan fingerprint density at radius 3 is 2.62 bits per heavy atom. The van der Waals surface area contributed by atoms with Crippen molar-refractivity contribution >= 4 is 11.7 Å². The van der Waals surface area contributed by atoms with Crippen LogP contribution in [0.25, 0.3) is 0 Å². The number of aryl methyl sites for hydroxylation is 2. The van der Waals surface area contributed by atoms with Crippen LogP contribution in [0.1, 0.15) is 42.9 Å². The molecule has 0 aromatic heterocycles. The van der Waals surface area contributed by atoms with Crippen molar-refractivity contribution in [3.05, 3.63) is 59.2 Å². The maximum Gasteiger partial charge on any atom is 0.321 e. The SMILES string of the molecule is CCC(C)c1ccccc1NC(=O)NCOc1ccc(C)cc1C. The van der Waals surface area contributed by atoms with Crippen LogP contribution in [-0.4, -0.2) is 12.8 Å². The monoisotopic (exact) mass is 326 g/mol. The molecule has 0 radical (unpaired) electrons. The molecule has 1 unspecified atom stereocenters. The molecule has 24 heavy (non-hydrogen) atoms. The number of carbonyl (C=O) groups excluding carboxylic acids is 1. The Kier molecular flexibility index (Phi) is 6.24. The predicted molar refractivity (Wildman–Crippen MR) is 98.7 cm³/mol. The highest BCUT2D eigenvalue weighted by molar-refractivity contribution is 5.90. The highest BCUT2D eigenvalue weighted by Gasteiger charge is 2.10. The fraction of sp³-hybridized carbons (Fsp3) is 0.350.